The van der Waals surface area contributed by atoms with Gasteiger partial charge in [-0.15, -0.1) is 0 Å². The zero-order valence-corrected chi connectivity index (χ0v) is 14.3. The number of rotatable bonds is 5. The first-order valence-corrected chi connectivity index (χ1v) is 8.72. The number of carbonyl (C=O) groups is 1. The number of carboxylic acid groups (broad SMARTS) is 1. The molecule has 2 rings (SSSR count). The number of benzene rings is 2. The number of carboxylic acids is 1. The maximum atomic E-state index is 12.9. The van der Waals surface area contributed by atoms with Crippen molar-refractivity contribution in [3.05, 3.63) is 58.6 Å². The summed E-state index contributed by atoms with van der Waals surface area (Å²) in [5.74, 6) is -1.30. The Kier molecular flexibility index (Phi) is 5.19. The quantitative estimate of drug-likeness (QED) is 0.867. The molecule has 1 atom stereocenters. The monoisotopic (exact) mass is 373 g/mol. The third kappa shape index (κ3) is 3.60. The molecular weight excluding hydrogens is 361 g/mol. The van der Waals surface area contributed by atoms with Crippen molar-refractivity contribution in [3.63, 3.8) is 0 Å². The highest BCUT2D eigenvalue weighted by Crippen LogP contribution is 2.34. The van der Waals surface area contributed by atoms with Gasteiger partial charge >= 0.3 is 5.97 Å². The first kappa shape index (κ1) is 17.6. The van der Waals surface area contributed by atoms with Gasteiger partial charge in [-0.25, -0.2) is 13.2 Å². The summed E-state index contributed by atoms with van der Waals surface area (Å²) in [6.45, 7) is 1.27. The van der Waals surface area contributed by atoms with Crippen molar-refractivity contribution in [1.82, 2.24) is 0 Å². The zero-order valence-electron chi connectivity index (χ0n) is 12.0. The van der Waals surface area contributed by atoms with Gasteiger partial charge in [-0.2, -0.15) is 0 Å². The molecule has 23 heavy (non-hydrogen) atoms. The second-order valence-corrected chi connectivity index (χ2v) is 7.38. The first-order valence-electron chi connectivity index (χ1n) is 6.52. The highest BCUT2D eigenvalue weighted by Gasteiger charge is 2.34. The highest BCUT2D eigenvalue weighted by molar-refractivity contribution is 7.93. The van der Waals surface area contributed by atoms with E-state index in [0.717, 1.165) is 4.31 Å². The molecule has 122 valence electrons. The SMILES string of the molecule is CC(C(=O)O)N(c1ccc(Cl)cc1Cl)S(=O)(=O)c1ccccc1. The van der Waals surface area contributed by atoms with Crippen molar-refractivity contribution in [1.29, 1.82) is 0 Å². The largest absolute Gasteiger partial charge is 0.480 e. The molecule has 2 aromatic carbocycles. The van der Waals surface area contributed by atoms with E-state index in [1.165, 1.54) is 37.3 Å². The summed E-state index contributed by atoms with van der Waals surface area (Å²) in [6.07, 6.45) is 0. The Labute approximate surface area is 144 Å². The van der Waals surface area contributed by atoms with Gasteiger partial charge in [0, 0.05) is 5.02 Å². The van der Waals surface area contributed by atoms with Gasteiger partial charge in [0.05, 0.1) is 15.6 Å². The second-order valence-electron chi connectivity index (χ2n) is 4.72. The van der Waals surface area contributed by atoms with E-state index in [9.17, 15) is 18.3 Å². The van der Waals surface area contributed by atoms with E-state index in [-0.39, 0.29) is 15.6 Å². The lowest BCUT2D eigenvalue weighted by molar-refractivity contribution is -0.137. The standard InChI is InChI=1S/C15H13Cl2NO4S/c1-10(15(19)20)18(14-8-7-11(16)9-13(14)17)23(21,22)12-5-3-2-4-6-12/h2-10H,1H3,(H,19,20). The Morgan fingerprint density at radius 3 is 2.26 bits per heavy atom. The zero-order chi connectivity index (χ0) is 17.2. The topological polar surface area (TPSA) is 74.7 Å². The molecule has 0 saturated carbocycles. The molecule has 2 aromatic rings. The van der Waals surface area contributed by atoms with Crippen LogP contribution in [0, 0.1) is 0 Å². The molecule has 0 radical (unpaired) electrons. The van der Waals surface area contributed by atoms with Gasteiger partial charge in [0.15, 0.2) is 0 Å². The minimum atomic E-state index is -4.11. The first-order chi connectivity index (χ1) is 10.7. The third-order valence-corrected chi connectivity index (χ3v) is 5.59. The Hall–Kier alpha value is -1.76. The van der Waals surface area contributed by atoms with Crippen LogP contribution >= 0.6 is 23.2 Å². The van der Waals surface area contributed by atoms with Crippen LogP contribution in [0.5, 0.6) is 0 Å². The van der Waals surface area contributed by atoms with Crippen molar-refractivity contribution in [2.75, 3.05) is 4.31 Å². The normalized spacial score (nSPS) is 12.7. The van der Waals surface area contributed by atoms with Gasteiger partial charge in [0.1, 0.15) is 6.04 Å². The van der Waals surface area contributed by atoms with Crippen LogP contribution in [0.3, 0.4) is 0 Å². The molecule has 0 bridgehead atoms. The molecule has 1 unspecified atom stereocenters. The molecule has 8 heteroatoms. The molecule has 0 spiro atoms. The minimum absolute atomic E-state index is 0.0286. The molecule has 0 aromatic heterocycles. The molecule has 0 amide bonds. The summed E-state index contributed by atoms with van der Waals surface area (Å²) in [4.78, 5) is 11.4. The van der Waals surface area contributed by atoms with Crippen molar-refractivity contribution in [2.24, 2.45) is 0 Å². The molecular formula is C15H13Cl2NO4S. The van der Waals surface area contributed by atoms with Crippen molar-refractivity contribution in [2.45, 2.75) is 17.9 Å². The Morgan fingerprint density at radius 1 is 1.13 bits per heavy atom. The Bertz CT molecular complexity index is 825. The van der Waals surface area contributed by atoms with E-state index >= 15 is 0 Å². The van der Waals surface area contributed by atoms with Crippen LogP contribution in [0.15, 0.2) is 53.4 Å². The van der Waals surface area contributed by atoms with Crippen LogP contribution in [0.1, 0.15) is 6.92 Å². The average Bonchev–Trinajstić information content (AvgIpc) is 2.50. The molecule has 0 aliphatic carbocycles. The van der Waals surface area contributed by atoms with E-state index < -0.39 is 22.0 Å². The van der Waals surface area contributed by atoms with Crippen LogP contribution in [-0.2, 0) is 14.8 Å². The average molecular weight is 374 g/mol. The van der Waals surface area contributed by atoms with Crippen LogP contribution in [-0.4, -0.2) is 25.5 Å². The van der Waals surface area contributed by atoms with E-state index in [0.29, 0.717) is 5.02 Å². The number of halogens is 2. The summed E-state index contributed by atoms with van der Waals surface area (Å²) in [7, 11) is -4.11. The lowest BCUT2D eigenvalue weighted by Crippen LogP contribution is -2.43. The molecule has 0 fully saturated rings. The molecule has 0 aliphatic heterocycles. The minimum Gasteiger partial charge on any atom is -0.480 e. The van der Waals surface area contributed by atoms with E-state index in [4.69, 9.17) is 23.2 Å². The van der Waals surface area contributed by atoms with E-state index in [1.54, 1.807) is 18.2 Å². The van der Waals surface area contributed by atoms with Gasteiger partial charge < -0.3 is 5.11 Å². The number of hydrogen-bond acceptors (Lipinski definition) is 3. The predicted molar refractivity (Wildman–Crippen MR) is 89.7 cm³/mol. The fourth-order valence-electron chi connectivity index (χ4n) is 2.01. The summed E-state index contributed by atoms with van der Waals surface area (Å²) in [6, 6.07) is 10.4. The van der Waals surface area contributed by atoms with Gasteiger partial charge in [-0.1, -0.05) is 41.4 Å². The third-order valence-electron chi connectivity index (χ3n) is 3.16. The molecule has 1 N–H and O–H groups in total. The van der Waals surface area contributed by atoms with Crippen molar-refractivity contribution in [3.8, 4) is 0 Å². The molecule has 5 nitrogen and oxygen atoms in total. The maximum absolute atomic E-state index is 12.9. The van der Waals surface area contributed by atoms with Crippen molar-refractivity contribution < 1.29 is 18.3 Å². The maximum Gasteiger partial charge on any atom is 0.327 e. The number of aliphatic carboxylic acids is 1. The van der Waals surface area contributed by atoms with E-state index in [2.05, 4.69) is 0 Å². The number of nitrogens with zero attached hydrogens (tertiary/aromatic N) is 1. The Morgan fingerprint density at radius 2 is 1.74 bits per heavy atom. The summed E-state index contributed by atoms with van der Waals surface area (Å²) >= 11 is 11.9. The van der Waals surface area contributed by atoms with Crippen molar-refractivity contribution >= 4 is 44.9 Å². The summed E-state index contributed by atoms with van der Waals surface area (Å²) in [5, 5.41) is 9.66. The highest BCUT2D eigenvalue weighted by atomic mass is 35.5. The second kappa shape index (κ2) is 6.78. The van der Waals surface area contributed by atoms with Gasteiger partial charge in [-0.05, 0) is 37.3 Å². The number of hydrogen-bond donors (Lipinski definition) is 1. The molecule has 0 heterocycles. The van der Waals surface area contributed by atoms with Gasteiger partial charge in [0.25, 0.3) is 10.0 Å². The van der Waals surface area contributed by atoms with Crippen LogP contribution in [0.4, 0.5) is 5.69 Å². The number of anilines is 1. The molecule has 0 saturated heterocycles. The van der Waals surface area contributed by atoms with Gasteiger partial charge in [-0.3, -0.25) is 4.31 Å². The summed E-state index contributed by atoms with van der Waals surface area (Å²) in [5.41, 5.74) is 0.0508. The lowest BCUT2D eigenvalue weighted by Gasteiger charge is -2.28. The Balaban J connectivity index is 2.66. The van der Waals surface area contributed by atoms with Gasteiger partial charge in [0.2, 0.25) is 0 Å². The lowest BCUT2D eigenvalue weighted by atomic mass is 10.2. The summed E-state index contributed by atoms with van der Waals surface area (Å²) < 4.78 is 26.6. The predicted octanol–water partition coefficient (Wildman–Crippen LogP) is 3.66. The van der Waals surface area contributed by atoms with Crippen LogP contribution in [0.2, 0.25) is 10.0 Å². The number of sulfonamides is 1. The smallest absolute Gasteiger partial charge is 0.327 e. The van der Waals surface area contributed by atoms with E-state index in [1.807, 2.05) is 0 Å². The molecule has 0 aliphatic rings. The van der Waals surface area contributed by atoms with Crippen LogP contribution < -0.4 is 4.31 Å². The fourth-order valence-corrected chi connectivity index (χ4v) is 4.22. The fraction of sp³-hybridized carbons (Fsp3) is 0.133. The van der Waals surface area contributed by atoms with Crippen LogP contribution in [0.25, 0.3) is 0 Å².